The van der Waals surface area contributed by atoms with E-state index in [9.17, 15) is 0 Å². The first kappa shape index (κ1) is 14.8. The molecule has 0 fully saturated rings. The molecule has 1 aromatic carbocycles. The maximum absolute atomic E-state index is 5.36. The normalized spacial score (nSPS) is 10.8. The molecular formula is C17H19N3OS. The van der Waals surface area contributed by atoms with Crippen LogP contribution in [0.2, 0.25) is 0 Å². The van der Waals surface area contributed by atoms with E-state index in [0.717, 1.165) is 29.4 Å². The molecule has 0 saturated carbocycles. The highest BCUT2D eigenvalue weighted by Gasteiger charge is 2.07. The molecule has 0 aliphatic heterocycles. The van der Waals surface area contributed by atoms with Gasteiger partial charge in [0.15, 0.2) is 0 Å². The monoisotopic (exact) mass is 313 g/mol. The lowest BCUT2D eigenvalue weighted by Gasteiger charge is -2.08. The van der Waals surface area contributed by atoms with Crippen LogP contribution in [0.15, 0.2) is 48.8 Å². The van der Waals surface area contributed by atoms with Crippen molar-refractivity contribution in [3.05, 3.63) is 59.4 Å². The van der Waals surface area contributed by atoms with E-state index in [1.807, 2.05) is 24.4 Å². The second kappa shape index (κ2) is 6.77. The molecule has 0 saturated heterocycles. The summed E-state index contributed by atoms with van der Waals surface area (Å²) in [5.41, 5.74) is 2.36. The molecular weight excluding hydrogens is 294 g/mol. The fourth-order valence-corrected chi connectivity index (χ4v) is 3.34. The van der Waals surface area contributed by atoms with Crippen molar-refractivity contribution in [3.63, 3.8) is 0 Å². The lowest BCUT2D eigenvalue weighted by molar-refractivity contribution is 0.407. The number of rotatable bonds is 6. The molecule has 0 atom stereocenters. The Morgan fingerprint density at radius 2 is 2.05 bits per heavy atom. The summed E-state index contributed by atoms with van der Waals surface area (Å²) >= 11 is 1.72. The van der Waals surface area contributed by atoms with E-state index in [0.29, 0.717) is 0 Å². The lowest BCUT2D eigenvalue weighted by atomic mass is 10.2. The van der Waals surface area contributed by atoms with E-state index in [1.54, 1.807) is 18.4 Å². The van der Waals surface area contributed by atoms with Crippen molar-refractivity contribution in [3.8, 4) is 16.3 Å². The molecule has 3 rings (SSSR count). The Morgan fingerprint density at radius 1 is 1.18 bits per heavy atom. The summed E-state index contributed by atoms with van der Waals surface area (Å²) in [7, 11) is 3.75. The highest BCUT2D eigenvalue weighted by Crippen LogP contribution is 2.26. The molecule has 0 unspecified atom stereocenters. The number of hydrogen-bond acceptors (Lipinski definition) is 4. The van der Waals surface area contributed by atoms with Crippen LogP contribution in [-0.2, 0) is 20.1 Å². The lowest BCUT2D eigenvalue weighted by Crippen LogP contribution is -2.13. The van der Waals surface area contributed by atoms with Crippen LogP contribution in [0.3, 0.4) is 0 Å². The summed E-state index contributed by atoms with van der Waals surface area (Å²) in [4.78, 5) is 5.69. The Hall–Kier alpha value is -2.11. The molecule has 5 heteroatoms. The maximum Gasteiger partial charge on any atom is 0.123 e. The molecule has 2 heterocycles. The molecule has 0 aliphatic rings. The van der Waals surface area contributed by atoms with Gasteiger partial charge in [-0.05, 0) is 18.2 Å². The fraction of sp³-hybridized carbons (Fsp3) is 0.235. The number of nitrogens with one attached hydrogen (secondary N) is 1. The Kier molecular flexibility index (Phi) is 4.56. The predicted octanol–water partition coefficient (Wildman–Crippen LogP) is 3.45. The van der Waals surface area contributed by atoms with Gasteiger partial charge in [-0.1, -0.05) is 18.2 Å². The fourth-order valence-electron chi connectivity index (χ4n) is 2.38. The Bertz CT molecular complexity index is 748. The van der Waals surface area contributed by atoms with Crippen molar-refractivity contribution >= 4 is 11.3 Å². The largest absolute Gasteiger partial charge is 0.496 e. The summed E-state index contributed by atoms with van der Waals surface area (Å²) in [6, 6.07) is 12.2. The molecule has 22 heavy (non-hydrogen) atoms. The molecule has 0 bridgehead atoms. The van der Waals surface area contributed by atoms with Gasteiger partial charge in [0, 0.05) is 38.1 Å². The first-order chi connectivity index (χ1) is 10.8. The number of aromatic nitrogens is 2. The standard InChI is InChI=1S/C17H19N3OS/c1-20-9-5-7-14(20)16-11-19-17(22-16)12-18-10-13-6-3-4-8-15(13)21-2/h3-9,11,18H,10,12H2,1-2H3. The van der Waals surface area contributed by atoms with Gasteiger partial charge < -0.3 is 14.6 Å². The molecule has 2 aromatic heterocycles. The van der Waals surface area contributed by atoms with Gasteiger partial charge in [-0.15, -0.1) is 11.3 Å². The number of nitrogens with zero attached hydrogens (tertiary/aromatic N) is 2. The van der Waals surface area contributed by atoms with Gasteiger partial charge in [0.25, 0.3) is 0 Å². The zero-order valence-corrected chi connectivity index (χ0v) is 13.6. The van der Waals surface area contributed by atoms with Gasteiger partial charge in [0.1, 0.15) is 10.8 Å². The van der Waals surface area contributed by atoms with Crippen LogP contribution in [0.4, 0.5) is 0 Å². The van der Waals surface area contributed by atoms with E-state index in [1.165, 1.54) is 10.6 Å². The predicted molar refractivity (Wildman–Crippen MR) is 90.1 cm³/mol. The second-order valence-corrected chi connectivity index (χ2v) is 6.15. The van der Waals surface area contributed by atoms with Gasteiger partial charge in [-0.3, -0.25) is 0 Å². The third-order valence-electron chi connectivity index (χ3n) is 3.53. The summed E-state index contributed by atoms with van der Waals surface area (Å²) in [6.07, 6.45) is 3.99. The first-order valence-electron chi connectivity index (χ1n) is 7.17. The highest BCUT2D eigenvalue weighted by molar-refractivity contribution is 7.15. The van der Waals surface area contributed by atoms with E-state index in [2.05, 4.69) is 46.3 Å². The van der Waals surface area contributed by atoms with Crippen molar-refractivity contribution in [2.24, 2.45) is 7.05 Å². The Labute approximate surface area is 134 Å². The van der Waals surface area contributed by atoms with Gasteiger partial charge in [-0.2, -0.15) is 0 Å². The summed E-state index contributed by atoms with van der Waals surface area (Å²) < 4.78 is 7.47. The minimum atomic E-state index is 0.757. The summed E-state index contributed by atoms with van der Waals surface area (Å²) in [5.74, 6) is 0.915. The van der Waals surface area contributed by atoms with Crippen molar-refractivity contribution in [1.82, 2.24) is 14.9 Å². The first-order valence-corrected chi connectivity index (χ1v) is 7.98. The average Bonchev–Trinajstić information content (AvgIpc) is 3.16. The second-order valence-electron chi connectivity index (χ2n) is 5.04. The van der Waals surface area contributed by atoms with Crippen LogP contribution >= 0.6 is 11.3 Å². The molecule has 0 amide bonds. The van der Waals surface area contributed by atoms with Gasteiger partial charge in [-0.25, -0.2) is 4.98 Å². The minimum absolute atomic E-state index is 0.757. The van der Waals surface area contributed by atoms with E-state index >= 15 is 0 Å². The average molecular weight is 313 g/mol. The van der Waals surface area contributed by atoms with E-state index < -0.39 is 0 Å². The SMILES string of the molecule is COc1ccccc1CNCc1ncc(-c2cccn2C)s1. The number of hydrogen-bond donors (Lipinski definition) is 1. The number of aryl methyl sites for hydroxylation is 1. The number of benzene rings is 1. The van der Waals surface area contributed by atoms with E-state index in [4.69, 9.17) is 4.74 Å². The zero-order valence-electron chi connectivity index (χ0n) is 12.7. The van der Waals surface area contributed by atoms with Crippen molar-refractivity contribution < 1.29 is 4.74 Å². The van der Waals surface area contributed by atoms with Crippen LogP contribution in [-0.4, -0.2) is 16.7 Å². The molecule has 4 nitrogen and oxygen atoms in total. The van der Waals surface area contributed by atoms with Gasteiger partial charge in [0.2, 0.25) is 0 Å². The quantitative estimate of drug-likeness (QED) is 0.757. The number of methoxy groups -OCH3 is 1. The Morgan fingerprint density at radius 3 is 2.82 bits per heavy atom. The van der Waals surface area contributed by atoms with Crippen LogP contribution in [0.25, 0.3) is 10.6 Å². The molecule has 114 valence electrons. The highest BCUT2D eigenvalue weighted by atomic mass is 32.1. The van der Waals surface area contributed by atoms with Gasteiger partial charge >= 0.3 is 0 Å². The topological polar surface area (TPSA) is 39.1 Å². The van der Waals surface area contributed by atoms with Gasteiger partial charge in [0.05, 0.1) is 17.7 Å². The van der Waals surface area contributed by atoms with Crippen molar-refractivity contribution in [2.75, 3.05) is 7.11 Å². The van der Waals surface area contributed by atoms with Crippen molar-refractivity contribution in [2.45, 2.75) is 13.1 Å². The molecule has 1 N–H and O–H groups in total. The zero-order chi connectivity index (χ0) is 15.4. The van der Waals surface area contributed by atoms with Crippen LogP contribution in [0.5, 0.6) is 5.75 Å². The number of para-hydroxylation sites is 1. The van der Waals surface area contributed by atoms with Crippen LogP contribution in [0.1, 0.15) is 10.6 Å². The molecule has 0 spiro atoms. The summed E-state index contributed by atoms with van der Waals surface area (Å²) in [6.45, 7) is 1.52. The van der Waals surface area contributed by atoms with E-state index in [-0.39, 0.29) is 0 Å². The minimum Gasteiger partial charge on any atom is -0.496 e. The maximum atomic E-state index is 5.36. The Balaban J connectivity index is 1.61. The van der Waals surface area contributed by atoms with Crippen molar-refractivity contribution in [1.29, 1.82) is 0 Å². The third-order valence-corrected chi connectivity index (χ3v) is 4.55. The van der Waals surface area contributed by atoms with Crippen LogP contribution in [0, 0.1) is 0 Å². The summed E-state index contributed by atoms with van der Waals surface area (Å²) in [5, 5.41) is 4.52. The molecule has 3 aromatic rings. The number of thiazole rings is 1. The van der Waals surface area contributed by atoms with Crippen LogP contribution < -0.4 is 10.1 Å². The molecule has 0 radical (unpaired) electrons. The number of ether oxygens (including phenoxy) is 1. The molecule has 0 aliphatic carbocycles. The smallest absolute Gasteiger partial charge is 0.123 e. The third kappa shape index (κ3) is 3.21.